The quantitative estimate of drug-likeness (QED) is 0.395. The maximum atomic E-state index is 13.6. The number of ether oxygens (including phenoxy) is 1. The molecule has 11 nitrogen and oxygen atoms in total. The number of urea groups is 1. The van der Waals surface area contributed by atoms with Gasteiger partial charge in [-0.1, -0.05) is 25.4 Å². The number of amides is 2. The van der Waals surface area contributed by atoms with E-state index in [0.717, 1.165) is 17.1 Å². The standard InChI is InChI=1S/C20H19ClF3N9O2/c1-10(2)17(35-3)16-13(9-25-15-7-14(21)31-32(15)16)30-19(34)29-11-6-12(20(22,23)24)18(26-8-11)33-27-4-5-28-33/h4-10,17H,1-3H3,(H2,29,30,34)/t17-/m1/s1. The van der Waals surface area contributed by atoms with Gasteiger partial charge < -0.3 is 15.4 Å². The summed E-state index contributed by atoms with van der Waals surface area (Å²) >= 11 is 6.03. The number of halogens is 4. The molecule has 0 aliphatic carbocycles. The molecule has 2 N–H and O–H groups in total. The molecule has 0 radical (unpaired) electrons. The highest BCUT2D eigenvalue weighted by Gasteiger charge is 2.36. The molecule has 0 aromatic carbocycles. The average Bonchev–Trinajstić information content (AvgIpc) is 3.44. The summed E-state index contributed by atoms with van der Waals surface area (Å²) in [7, 11) is 1.51. The molecular formula is C20H19ClF3N9O2. The van der Waals surface area contributed by atoms with Crippen LogP contribution in [0.4, 0.5) is 29.3 Å². The first-order chi connectivity index (χ1) is 16.6. The van der Waals surface area contributed by atoms with Crippen LogP contribution >= 0.6 is 11.6 Å². The number of methoxy groups -OCH3 is 1. The van der Waals surface area contributed by atoms with Gasteiger partial charge in [0.25, 0.3) is 0 Å². The van der Waals surface area contributed by atoms with Crippen molar-refractivity contribution in [3.8, 4) is 5.82 Å². The number of nitrogens with zero attached hydrogens (tertiary/aromatic N) is 7. The van der Waals surface area contributed by atoms with Gasteiger partial charge in [-0.2, -0.15) is 28.5 Å². The highest BCUT2D eigenvalue weighted by atomic mass is 35.5. The van der Waals surface area contributed by atoms with Gasteiger partial charge in [0.1, 0.15) is 11.7 Å². The number of hydrogen-bond acceptors (Lipinski definition) is 7. The minimum atomic E-state index is -4.77. The van der Waals surface area contributed by atoms with Crippen molar-refractivity contribution in [2.45, 2.75) is 26.1 Å². The third kappa shape index (κ3) is 5.02. The third-order valence-corrected chi connectivity index (χ3v) is 5.09. The van der Waals surface area contributed by atoms with Gasteiger partial charge in [-0.3, -0.25) is 0 Å². The zero-order chi connectivity index (χ0) is 25.3. The van der Waals surface area contributed by atoms with Gasteiger partial charge >= 0.3 is 12.2 Å². The molecule has 184 valence electrons. The van der Waals surface area contributed by atoms with Crippen molar-refractivity contribution in [3.63, 3.8) is 0 Å². The van der Waals surface area contributed by atoms with Crippen LogP contribution < -0.4 is 10.6 Å². The summed E-state index contributed by atoms with van der Waals surface area (Å²) in [5.74, 6) is -0.556. The molecule has 2 amide bonds. The summed E-state index contributed by atoms with van der Waals surface area (Å²) in [6.07, 6.45) is -0.375. The number of carbonyl (C=O) groups excluding carboxylic acids is 1. The van der Waals surface area contributed by atoms with E-state index in [1.807, 2.05) is 13.8 Å². The number of hydrogen-bond donors (Lipinski definition) is 2. The fourth-order valence-electron chi connectivity index (χ4n) is 3.50. The Kier molecular flexibility index (Phi) is 6.58. The topological polar surface area (TPSA) is 124 Å². The zero-order valence-corrected chi connectivity index (χ0v) is 19.3. The second-order valence-electron chi connectivity index (χ2n) is 7.69. The van der Waals surface area contributed by atoms with Crippen LogP contribution in [0.1, 0.15) is 31.2 Å². The monoisotopic (exact) mass is 509 g/mol. The molecule has 0 unspecified atom stereocenters. The van der Waals surface area contributed by atoms with Gasteiger partial charge in [0, 0.05) is 13.2 Å². The number of rotatable bonds is 6. The summed E-state index contributed by atoms with van der Waals surface area (Å²) in [4.78, 5) is 21.5. The molecule has 4 rings (SSSR count). The van der Waals surface area contributed by atoms with Crippen LogP contribution in [0.5, 0.6) is 0 Å². The van der Waals surface area contributed by atoms with Crippen molar-refractivity contribution in [2.75, 3.05) is 17.7 Å². The first kappa shape index (κ1) is 24.3. The smallest absolute Gasteiger partial charge is 0.375 e. The molecule has 4 aromatic heterocycles. The molecule has 0 aliphatic rings. The number of fused-ring (bicyclic) bond motifs is 1. The van der Waals surface area contributed by atoms with E-state index in [9.17, 15) is 18.0 Å². The molecular weight excluding hydrogens is 491 g/mol. The minimum absolute atomic E-state index is 0.0285. The van der Waals surface area contributed by atoms with Gasteiger partial charge in [0.15, 0.2) is 16.6 Å². The van der Waals surface area contributed by atoms with Gasteiger partial charge in [-0.25, -0.2) is 19.3 Å². The second kappa shape index (κ2) is 9.46. The Labute approximate surface area is 201 Å². The van der Waals surface area contributed by atoms with Crippen molar-refractivity contribution >= 4 is 34.7 Å². The third-order valence-electron chi connectivity index (χ3n) is 4.91. The van der Waals surface area contributed by atoms with E-state index in [2.05, 4.69) is 35.9 Å². The van der Waals surface area contributed by atoms with Crippen LogP contribution in [0.2, 0.25) is 5.15 Å². The predicted octanol–water partition coefficient (Wildman–Crippen LogP) is 4.36. The first-order valence-corrected chi connectivity index (χ1v) is 10.5. The number of nitrogens with one attached hydrogen (secondary N) is 2. The summed E-state index contributed by atoms with van der Waals surface area (Å²) < 4.78 is 47.9. The van der Waals surface area contributed by atoms with Crippen LogP contribution in [0.15, 0.2) is 36.9 Å². The molecule has 4 heterocycles. The average molecular weight is 510 g/mol. The summed E-state index contributed by atoms with van der Waals surface area (Å²) in [5.41, 5.74) is -0.197. The zero-order valence-electron chi connectivity index (χ0n) is 18.6. The van der Waals surface area contributed by atoms with Crippen molar-refractivity contribution < 1.29 is 22.7 Å². The molecule has 35 heavy (non-hydrogen) atoms. The van der Waals surface area contributed by atoms with Crippen LogP contribution in [0, 0.1) is 5.92 Å². The van der Waals surface area contributed by atoms with Crippen LogP contribution in [0.3, 0.4) is 0 Å². The van der Waals surface area contributed by atoms with Gasteiger partial charge in [-0.05, 0) is 12.0 Å². The lowest BCUT2D eigenvalue weighted by Crippen LogP contribution is -2.24. The molecule has 4 aromatic rings. The van der Waals surface area contributed by atoms with Gasteiger partial charge in [-0.15, -0.1) is 4.80 Å². The minimum Gasteiger partial charge on any atom is -0.375 e. The van der Waals surface area contributed by atoms with Crippen molar-refractivity contribution in [2.24, 2.45) is 5.92 Å². The summed E-state index contributed by atoms with van der Waals surface area (Å²) in [5, 5.41) is 16.7. The Morgan fingerprint density at radius 2 is 1.83 bits per heavy atom. The Balaban J connectivity index is 1.65. The Hall–Kier alpha value is -3.78. The van der Waals surface area contributed by atoms with E-state index >= 15 is 0 Å². The number of pyridine rings is 1. The molecule has 0 spiro atoms. The van der Waals surface area contributed by atoms with E-state index in [4.69, 9.17) is 16.3 Å². The molecule has 0 aliphatic heterocycles. The first-order valence-electron chi connectivity index (χ1n) is 10.2. The number of aromatic nitrogens is 7. The van der Waals surface area contributed by atoms with Crippen LogP contribution in [-0.4, -0.2) is 47.7 Å². The largest absolute Gasteiger partial charge is 0.420 e. The molecule has 15 heteroatoms. The van der Waals surface area contributed by atoms with Crippen LogP contribution in [-0.2, 0) is 10.9 Å². The van der Waals surface area contributed by atoms with E-state index in [-0.39, 0.29) is 22.4 Å². The van der Waals surface area contributed by atoms with E-state index < -0.39 is 29.7 Å². The molecule has 1 atom stereocenters. The normalized spacial score (nSPS) is 12.8. The Bertz CT molecular complexity index is 1360. The SMILES string of the molecule is CO[C@@H](c1c(NC(=O)Nc2cnc(-n3nccn3)c(C(F)(F)F)c2)cnc2cc(Cl)nn12)C(C)C. The Morgan fingerprint density at radius 1 is 1.11 bits per heavy atom. The van der Waals surface area contributed by atoms with Crippen molar-refractivity contribution in [1.82, 2.24) is 34.6 Å². The lowest BCUT2D eigenvalue weighted by Gasteiger charge is -2.23. The lowest BCUT2D eigenvalue weighted by atomic mass is 10.0. The van der Waals surface area contributed by atoms with Crippen molar-refractivity contribution in [3.05, 3.63) is 53.3 Å². The van der Waals surface area contributed by atoms with Gasteiger partial charge in [0.2, 0.25) is 0 Å². The van der Waals surface area contributed by atoms with Crippen molar-refractivity contribution in [1.29, 1.82) is 0 Å². The Morgan fingerprint density at radius 3 is 2.46 bits per heavy atom. The number of carbonyl (C=O) groups is 1. The second-order valence-corrected chi connectivity index (χ2v) is 8.07. The molecule has 0 bridgehead atoms. The molecule has 0 saturated heterocycles. The number of anilines is 2. The van der Waals surface area contributed by atoms with E-state index in [0.29, 0.717) is 11.3 Å². The summed E-state index contributed by atoms with van der Waals surface area (Å²) in [6.45, 7) is 3.82. The van der Waals surface area contributed by atoms with E-state index in [1.54, 1.807) is 6.07 Å². The lowest BCUT2D eigenvalue weighted by molar-refractivity contribution is -0.137. The molecule has 0 saturated carbocycles. The highest BCUT2D eigenvalue weighted by molar-refractivity contribution is 6.29. The van der Waals surface area contributed by atoms with E-state index in [1.165, 1.54) is 30.2 Å². The number of alkyl halides is 3. The summed E-state index contributed by atoms with van der Waals surface area (Å²) in [6, 6.07) is 1.46. The maximum Gasteiger partial charge on any atom is 0.420 e. The van der Waals surface area contributed by atoms with Crippen LogP contribution in [0.25, 0.3) is 11.5 Å². The van der Waals surface area contributed by atoms with Gasteiger partial charge in [0.05, 0.1) is 41.9 Å². The molecule has 0 fully saturated rings. The predicted molar refractivity (Wildman–Crippen MR) is 119 cm³/mol. The fourth-order valence-corrected chi connectivity index (χ4v) is 3.67. The highest BCUT2D eigenvalue weighted by Crippen LogP contribution is 2.35. The fraction of sp³-hybridized carbons (Fsp3) is 0.300. The maximum absolute atomic E-state index is 13.6.